The van der Waals surface area contributed by atoms with Crippen LogP contribution in [0.1, 0.15) is 31.2 Å². The number of ether oxygens (including phenoxy) is 2. The quantitative estimate of drug-likeness (QED) is 0.877. The first-order valence-corrected chi connectivity index (χ1v) is 6.10. The third-order valence-electron chi connectivity index (χ3n) is 3.16. The van der Waals surface area contributed by atoms with Crippen LogP contribution in [0.2, 0.25) is 0 Å². The molecule has 1 aliphatic rings. The molecule has 18 heavy (non-hydrogen) atoms. The molecule has 5 heteroatoms. The highest BCUT2D eigenvalue weighted by Gasteiger charge is 2.21. The van der Waals surface area contributed by atoms with E-state index in [4.69, 9.17) is 20.5 Å². The molecule has 0 saturated heterocycles. The summed E-state index contributed by atoms with van der Waals surface area (Å²) in [5.74, 6) is 0.814. The third-order valence-corrected chi connectivity index (χ3v) is 3.16. The van der Waals surface area contributed by atoms with Crippen LogP contribution in [-0.4, -0.2) is 24.2 Å². The second-order valence-electron chi connectivity index (χ2n) is 4.47. The van der Waals surface area contributed by atoms with E-state index in [9.17, 15) is 0 Å². The van der Waals surface area contributed by atoms with Crippen LogP contribution in [0.25, 0.3) is 0 Å². The van der Waals surface area contributed by atoms with Crippen LogP contribution in [0.4, 0.5) is 0 Å². The van der Waals surface area contributed by atoms with E-state index in [1.807, 2.05) is 0 Å². The van der Waals surface area contributed by atoms with Gasteiger partial charge in [0, 0.05) is 12.1 Å². The zero-order valence-electron chi connectivity index (χ0n) is 10.4. The zero-order valence-corrected chi connectivity index (χ0v) is 10.4. The van der Waals surface area contributed by atoms with Crippen LogP contribution in [0.15, 0.2) is 12.1 Å². The van der Waals surface area contributed by atoms with Crippen LogP contribution >= 0.6 is 0 Å². The SMILES string of the molecule is COc1ccc(C#N)c(O[C@H]2CC[C@H](N)CC2)n1. The Morgan fingerprint density at radius 2 is 2.06 bits per heavy atom. The fraction of sp³-hybridized carbons (Fsp3) is 0.538. The molecule has 0 radical (unpaired) electrons. The van der Waals surface area contributed by atoms with Crippen molar-refractivity contribution in [3.8, 4) is 17.8 Å². The topological polar surface area (TPSA) is 81.2 Å². The minimum Gasteiger partial charge on any atom is -0.481 e. The van der Waals surface area contributed by atoms with Gasteiger partial charge in [-0.15, -0.1) is 0 Å². The Morgan fingerprint density at radius 3 is 2.67 bits per heavy atom. The number of rotatable bonds is 3. The molecule has 5 nitrogen and oxygen atoms in total. The number of aromatic nitrogens is 1. The summed E-state index contributed by atoms with van der Waals surface area (Å²) < 4.78 is 10.8. The van der Waals surface area contributed by atoms with E-state index in [0.29, 0.717) is 17.3 Å². The van der Waals surface area contributed by atoms with Gasteiger partial charge < -0.3 is 15.2 Å². The average molecular weight is 247 g/mol. The number of methoxy groups -OCH3 is 1. The van der Waals surface area contributed by atoms with Crippen molar-refractivity contribution in [3.05, 3.63) is 17.7 Å². The number of nitrogens with zero attached hydrogens (tertiary/aromatic N) is 2. The van der Waals surface area contributed by atoms with Gasteiger partial charge in [-0.2, -0.15) is 10.2 Å². The molecule has 0 atom stereocenters. The molecule has 0 bridgehead atoms. The van der Waals surface area contributed by atoms with Crippen molar-refractivity contribution < 1.29 is 9.47 Å². The molecule has 1 saturated carbocycles. The van der Waals surface area contributed by atoms with Crippen LogP contribution in [-0.2, 0) is 0 Å². The summed E-state index contributed by atoms with van der Waals surface area (Å²) in [6.45, 7) is 0. The van der Waals surface area contributed by atoms with Crippen molar-refractivity contribution in [2.45, 2.75) is 37.8 Å². The van der Waals surface area contributed by atoms with Gasteiger partial charge in [0.25, 0.3) is 0 Å². The summed E-state index contributed by atoms with van der Waals surface area (Å²) >= 11 is 0. The zero-order chi connectivity index (χ0) is 13.0. The highest BCUT2D eigenvalue weighted by atomic mass is 16.5. The molecule has 96 valence electrons. The van der Waals surface area contributed by atoms with Crippen LogP contribution < -0.4 is 15.2 Å². The molecule has 0 aliphatic heterocycles. The van der Waals surface area contributed by atoms with Crippen molar-refractivity contribution in [1.82, 2.24) is 4.98 Å². The maximum atomic E-state index is 9.02. The maximum absolute atomic E-state index is 9.02. The molecular formula is C13H17N3O2. The molecule has 2 rings (SSSR count). The predicted octanol–water partition coefficient (Wildman–Crippen LogP) is 1.61. The first kappa shape index (κ1) is 12.7. The third kappa shape index (κ3) is 2.90. The minimum atomic E-state index is 0.0940. The number of hydrogen-bond donors (Lipinski definition) is 1. The van der Waals surface area contributed by atoms with Crippen LogP contribution in [0.3, 0.4) is 0 Å². The Morgan fingerprint density at radius 1 is 1.33 bits per heavy atom. The van der Waals surface area contributed by atoms with E-state index < -0.39 is 0 Å². The lowest BCUT2D eigenvalue weighted by Gasteiger charge is -2.26. The standard InChI is InChI=1S/C13H17N3O2/c1-17-12-7-2-9(8-14)13(16-12)18-11-5-3-10(15)4-6-11/h2,7,10-11H,3-6,15H2,1H3/t10-,11-. The number of hydrogen-bond acceptors (Lipinski definition) is 5. The van der Waals surface area contributed by atoms with Crippen LogP contribution in [0.5, 0.6) is 11.8 Å². The molecule has 1 fully saturated rings. The molecular weight excluding hydrogens is 230 g/mol. The first-order chi connectivity index (χ1) is 8.72. The smallest absolute Gasteiger partial charge is 0.235 e. The molecule has 1 aliphatic carbocycles. The summed E-state index contributed by atoms with van der Waals surface area (Å²) in [5.41, 5.74) is 6.28. The molecule has 2 N–H and O–H groups in total. The van der Waals surface area contributed by atoms with Gasteiger partial charge in [-0.05, 0) is 31.7 Å². The Hall–Kier alpha value is -1.80. The lowest BCUT2D eigenvalue weighted by molar-refractivity contribution is 0.139. The van der Waals surface area contributed by atoms with E-state index in [1.54, 1.807) is 12.1 Å². The van der Waals surface area contributed by atoms with Crippen molar-refractivity contribution in [2.24, 2.45) is 5.73 Å². The Balaban J connectivity index is 2.10. The van der Waals surface area contributed by atoms with Crippen molar-refractivity contribution >= 4 is 0 Å². The predicted molar refractivity (Wildman–Crippen MR) is 66.4 cm³/mol. The van der Waals surface area contributed by atoms with Gasteiger partial charge in [-0.3, -0.25) is 0 Å². The molecule has 0 aromatic carbocycles. The molecule has 1 aromatic heterocycles. The summed E-state index contributed by atoms with van der Waals surface area (Å²) in [4.78, 5) is 4.18. The van der Waals surface area contributed by atoms with Gasteiger partial charge in [0.2, 0.25) is 11.8 Å². The molecule has 0 unspecified atom stereocenters. The van der Waals surface area contributed by atoms with Gasteiger partial charge in [0.05, 0.1) is 7.11 Å². The highest BCUT2D eigenvalue weighted by Crippen LogP contribution is 2.25. The Labute approximate surface area is 107 Å². The van der Waals surface area contributed by atoms with E-state index in [1.165, 1.54) is 7.11 Å². The maximum Gasteiger partial charge on any atom is 0.235 e. The van der Waals surface area contributed by atoms with E-state index in [2.05, 4.69) is 11.1 Å². The Kier molecular flexibility index (Phi) is 4.00. The molecule has 0 amide bonds. The second kappa shape index (κ2) is 5.69. The van der Waals surface area contributed by atoms with Gasteiger partial charge in [-0.25, -0.2) is 0 Å². The van der Waals surface area contributed by atoms with Crippen molar-refractivity contribution in [3.63, 3.8) is 0 Å². The van der Waals surface area contributed by atoms with E-state index >= 15 is 0 Å². The first-order valence-electron chi connectivity index (χ1n) is 6.10. The summed E-state index contributed by atoms with van der Waals surface area (Å²) in [6.07, 6.45) is 3.82. The summed E-state index contributed by atoms with van der Waals surface area (Å²) in [6, 6.07) is 5.67. The number of nitriles is 1. The van der Waals surface area contributed by atoms with Gasteiger partial charge in [-0.1, -0.05) is 0 Å². The van der Waals surface area contributed by atoms with E-state index in [0.717, 1.165) is 25.7 Å². The number of pyridine rings is 1. The van der Waals surface area contributed by atoms with Crippen LogP contribution in [0, 0.1) is 11.3 Å². The van der Waals surface area contributed by atoms with Gasteiger partial charge >= 0.3 is 0 Å². The van der Waals surface area contributed by atoms with Gasteiger partial charge in [0.15, 0.2) is 0 Å². The second-order valence-corrected chi connectivity index (χ2v) is 4.47. The van der Waals surface area contributed by atoms with E-state index in [-0.39, 0.29) is 12.1 Å². The van der Waals surface area contributed by atoms with Crippen molar-refractivity contribution in [2.75, 3.05) is 7.11 Å². The lowest BCUT2D eigenvalue weighted by atomic mass is 9.94. The Bertz CT molecular complexity index is 448. The molecule has 1 heterocycles. The fourth-order valence-corrected chi connectivity index (χ4v) is 2.08. The van der Waals surface area contributed by atoms with Gasteiger partial charge in [0.1, 0.15) is 17.7 Å². The average Bonchev–Trinajstić information content (AvgIpc) is 2.41. The largest absolute Gasteiger partial charge is 0.481 e. The summed E-state index contributed by atoms with van der Waals surface area (Å²) in [7, 11) is 1.54. The monoisotopic (exact) mass is 247 g/mol. The number of nitrogens with two attached hydrogens (primary N) is 1. The lowest BCUT2D eigenvalue weighted by Crippen LogP contribution is -2.32. The fourth-order valence-electron chi connectivity index (χ4n) is 2.08. The summed E-state index contributed by atoms with van der Waals surface area (Å²) in [5, 5.41) is 9.02. The highest BCUT2D eigenvalue weighted by molar-refractivity contribution is 5.40. The van der Waals surface area contributed by atoms with Crippen molar-refractivity contribution in [1.29, 1.82) is 5.26 Å². The normalized spacial score (nSPS) is 23.2. The molecule has 1 aromatic rings. The minimum absolute atomic E-state index is 0.0940. The molecule has 0 spiro atoms.